The van der Waals surface area contributed by atoms with Crippen molar-refractivity contribution in [2.24, 2.45) is 11.1 Å². The zero-order valence-electron chi connectivity index (χ0n) is 25.8. The summed E-state index contributed by atoms with van der Waals surface area (Å²) in [4.78, 5) is 16.6. The minimum atomic E-state index is -3.25. The second kappa shape index (κ2) is 14.2. The highest BCUT2D eigenvalue weighted by molar-refractivity contribution is 7.91. The second-order valence-corrected chi connectivity index (χ2v) is 15.0. The number of nitrogens with zero attached hydrogens (tertiary/aromatic N) is 1. The Morgan fingerprint density at radius 3 is 1.61 bits per heavy atom. The van der Waals surface area contributed by atoms with Gasteiger partial charge in [0.1, 0.15) is 21.1 Å². The third-order valence-corrected chi connectivity index (χ3v) is 8.15. The number of carbonyl (C=O) groups excluding carboxylic acids is 1. The summed E-state index contributed by atoms with van der Waals surface area (Å²) in [5.41, 5.74) is 5.06. The van der Waals surface area contributed by atoms with Gasteiger partial charge in [0.05, 0.1) is 5.92 Å². The molecule has 7 nitrogen and oxygen atoms in total. The van der Waals surface area contributed by atoms with Gasteiger partial charge in [-0.05, 0) is 78.0 Å². The number of oxime groups is 1. The molecule has 0 radical (unpaired) electrons. The van der Waals surface area contributed by atoms with Crippen LogP contribution in [0.4, 0.5) is 0 Å². The molecule has 224 valence electrons. The van der Waals surface area contributed by atoms with Gasteiger partial charge in [-0.25, -0.2) is 13.1 Å². The van der Waals surface area contributed by atoms with E-state index in [1.54, 1.807) is 31.4 Å². The van der Waals surface area contributed by atoms with Crippen molar-refractivity contribution in [2.45, 2.75) is 90.7 Å². The second-order valence-electron chi connectivity index (χ2n) is 12.1. The van der Waals surface area contributed by atoms with Crippen LogP contribution in [-0.4, -0.2) is 37.3 Å². The van der Waals surface area contributed by atoms with Crippen molar-refractivity contribution in [1.82, 2.24) is 4.72 Å². The van der Waals surface area contributed by atoms with E-state index in [2.05, 4.69) is 46.3 Å². The Kier molecular flexibility index (Phi) is 11.9. The fourth-order valence-electron chi connectivity index (χ4n) is 3.48. The molecule has 0 unspecified atom stereocenters. The van der Waals surface area contributed by atoms with E-state index in [9.17, 15) is 13.2 Å². The Morgan fingerprint density at radius 1 is 0.780 bits per heavy atom. The molecule has 9 heteroatoms. The van der Waals surface area contributed by atoms with Crippen LogP contribution >= 0.6 is 11.3 Å². The minimum Gasteiger partial charge on any atom is -0.460 e. The molecule has 0 atom stereocenters. The molecule has 1 heterocycles. The smallest absolute Gasteiger partial charge is 0.308 e. The van der Waals surface area contributed by atoms with Crippen LogP contribution in [0.3, 0.4) is 0 Å². The van der Waals surface area contributed by atoms with E-state index in [1.165, 1.54) is 22.5 Å². The number of carbonyl (C=O) groups is 1. The third-order valence-electron chi connectivity index (χ3n) is 5.09. The summed E-state index contributed by atoms with van der Waals surface area (Å²) in [5.74, 6) is -0.160. The van der Waals surface area contributed by atoms with Crippen LogP contribution in [0.25, 0.3) is 11.1 Å². The van der Waals surface area contributed by atoms with Gasteiger partial charge in [0.25, 0.3) is 0 Å². The van der Waals surface area contributed by atoms with Crippen LogP contribution in [0.5, 0.6) is 0 Å². The van der Waals surface area contributed by atoms with Crippen molar-refractivity contribution in [1.29, 1.82) is 0 Å². The Morgan fingerprint density at radius 2 is 1.27 bits per heavy atom. The van der Waals surface area contributed by atoms with E-state index in [-0.39, 0.29) is 29.1 Å². The molecule has 2 aromatic carbocycles. The predicted octanol–water partition coefficient (Wildman–Crippen LogP) is 7.65. The van der Waals surface area contributed by atoms with Gasteiger partial charge in [-0.1, -0.05) is 73.6 Å². The molecule has 0 saturated carbocycles. The Hall–Kier alpha value is -3.01. The van der Waals surface area contributed by atoms with Crippen molar-refractivity contribution in [2.75, 3.05) is 0 Å². The van der Waals surface area contributed by atoms with E-state index in [0.717, 1.165) is 16.8 Å². The van der Waals surface area contributed by atoms with Crippen LogP contribution < -0.4 is 4.72 Å². The first-order valence-electron chi connectivity index (χ1n) is 13.7. The molecule has 1 aliphatic carbocycles. The van der Waals surface area contributed by atoms with Crippen molar-refractivity contribution in [3.8, 4) is 11.1 Å². The highest BCUT2D eigenvalue weighted by Gasteiger charge is 2.25. The number of ether oxygens (including phenoxy) is 1. The normalized spacial score (nSPS) is 12.4. The van der Waals surface area contributed by atoms with Crippen molar-refractivity contribution >= 4 is 33.0 Å². The molecule has 3 aromatic rings. The molecule has 0 bridgehead atoms. The maximum absolute atomic E-state index is 11.4. The van der Waals surface area contributed by atoms with Crippen molar-refractivity contribution < 1.29 is 22.8 Å². The number of nitrogens with one attached hydrogen (secondary N) is 1. The van der Waals surface area contributed by atoms with Gasteiger partial charge >= 0.3 is 5.97 Å². The number of hydrogen-bond donors (Lipinski definition) is 1. The number of rotatable bonds is 5. The first kappa shape index (κ1) is 34.2. The number of fused-ring (bicyclic) bond motifs is 3. The fraction of sp³-hybridized carbons (Fsp3) is 0.438. The summed E-state index contributed by atoms with van der Waals surface area (Å²) in [6.45, 7) is 18.9. The molecular weight excluding hydrogens is 556 g/mol. The van der Waals surface area contributed by atoms with Gasteiger partial charge in [-0.2, -0.15) is 0 Å². The molecule has 4 rings (SSSR count). The van der Waals surface area contributed by atoms with Crippen LogP contribution in [0, 0.1) is 5.92 Å². The van der Waals surface area contributed by atoms with Gasteiger partial charge in [0.2, 0.25) is 10.0 Å². The summed E-state index contributed by atoms with van der Waals surface area (Å²) in [7, 11) is -3.25. The lowest BCUT2D eigenvalue weighted by atomic mass is 10.1. The molecule has 1 N–H and O–H groups in total. The molecule has 0 spiro atoms. The number of esters is 1. The molecule has 0 aliphatic heterocycles. The Balaban J connectivity index is 0.000000232. The standard InChI is InChI=1S/C17H17NO.C8H16O2.C7H11NO2S2/c1-17(2,3)19-18-16-14-10-6-4-8-12(14)13-9-5-7-11-15(13)16;1-6(2)7(9)10-8(3,4)5;1-6(2)8-12(9,10)7-4-3-5-11-7/h4-11H,1-3H3;6H,1-5H3;3-6,8H,1-2H3. The fourth-order valence-corrected chi connectivity index (χ4v) is 5.74. The van der Waals surface area contributed by atoms with Gasteiger partial charge in [0, 0.05) is 17.2 Å². The summed E-state index contributed by atoms with van der Waals surface area (Å²) < 4.78 is 30.7. The zero-order chi connectivity index (χ0) is 31.0. The molecule has 0 amide bonds. The number of benzene rings is 2. The predicted molar refractivity (Wildman–Crippen MR) is 169 cm³/mol. The highest BCUT2D eigenvalue weighted by Crippen LogP contribution is 2.36. The zero-order valence-corrected chi connectivity index (χ0v) is 27.4. The van der Waals surface area contributed by atoms with E-state index in [4.69, 9.17) is 9.57 Å². The molecule has 0 saturated heterocycles. The topological polar surface area (TPSA) is 94.1 Å². The molecule has 0 fully saturated rings. The van der Waals surface area contributed by atoms with Gasteiger partial charge in [0.15, 0.2) is 0 Å². The van der Waals surface area contributed by atoms with E-state index in [0.29, 0.717) is 4.21 Å². The Labute approximate surface area is 250 Å². The maximum atomic E-state index is 11.4. The van der Waals surface area contributed by atoms with Gasteiger partial charge in [-0.3, -0.25) is 4.79 Å². The van der Waals surface area contributed by atoms with E-state index < -0.39 is 10.0 Å². The maximum Gasteiger partial charge on any atom is 0.308 e. The highest BCUT2D eigenvalue weighted by atomic mass is 32.2. The summed E-state index contributed by atoms with van der Waals surface area (Å²) in [5, 5.41) is 6.14. The van der Waals surface area contributed by atoms with Crippen LogP contribution in [0.2, 0.25) is 0 Å². The Bertz CT molecular complexity index is 1370. The number of thiophene rings is 1. The quantitative estimate of drug-likeness (QED) is 0.188. The lowest BCUT2D eigenvalue weighted by Gasteiger charge is -2.20. The van der Waals surface area contributed by atoms with Crippen molar-refractivity contribution in [3.63, 3.8) is 0 Å². The molecule has 1 aliphatic rings. The van der Waals surface area contributed by atoms with E-state index >= 15 is 0 Å². The molecular formula is C32H44N2O5S2. The lowest BCUT2D eigenvalue weighted by Crippen LogP contribution is -2.29. The SMILES string of the molecule is CC(C)(C)ON=C1c2ccccc2-c2ccccc21.CC(C)C(=O)OC(C)(C)C.CC(C)NS(=O)(=O)c1cccs1. The largest absolute Gasteiger partial charge is 0.460 e. The van der Waals surface area contributed by atoms with Gasteiger partial charge < -0.3 is 9.57 Å². The molecule has 1 aromatic heterocycles. The van der Waals surface area contributed by atoms with Crippen molar-refractivity contribution in [3.05, 3.63) is 77.2 Å². The summed E-state index contributed by atoms with van der Waals surface area (Å²) >= 11 is 1.22. The first-order valence-corrected chi connectivity index (χ1v) is 16.0. The summed E-state index contributed by atoms with van der Waals surface area (Å²) in [6.07, 6.45) is 0. The monoisotopic (exact) mass is 600 g/mol. The number of sulfonamides is 1. The summed E-state index contributed by atoms with van der Waals surface area (Å²) in [6, 6.07) is 19.9. The average Bonchev–Trinajstić information content (AvgIpc) is 3.49. The average molecular weight is 601 g/mol. The first-order chi connectivity index (χ1) is 18.9. The van der Waals surface area contributed by atoms with Crippen LogP contribution in [0.1, 0.15) is 80.4 Å². The molecule has 41 heavy (non-hydrogen) atoms. The van der Waals surface area contributed by atoms with Gasteiger partial charge in [-0.15, -0.1) is 11.3 Å². The van der Waals surface area contributed by atoms with E-state index in [1.807, 2.05) is 67.5 Å². The lowest BCUT2D eigenvalue weighted by molar-refractivity contribution is -0.158. The minimum absolute atomic E-state index is 0.0285. The van der Waals surface area contributed by atoms with Crippen LogP contribution in [0.15, 0.2) is 75.4 Å². The van der Waals surface area contributed by atoms with Crippen LogP contribution in [-0.2, 0) is 24.4 Å². The third kappa shape index (κ3) is 11.1. The number of hydrogen-bond acceptors (Lipinski definition) is 7.